The summed E-state index contributed by atoms with van der Waals surface area (Å²) in [6.07, 6.45) is 2.50. The van der Waals surface area contributed by atoms with Crippen molar-refractivity contribution in [3.63, 3.8) is 0 Å². The quantitative estimate of drug-likeness (QED) is 0.910. The van der Waals surface area contributed by atoms with Gasteiger partial charge in [-0.25, -0.2) is 4.39 Å². The Labute approximate surface area is 117 Å². The fraction of sp³-hybridized carbons (Fsp3) is 0.467. The Morgan fingerprint density at radius 3 is 2.80 bits per heavy atom. The van der Waals surface area contributed by atoms with Crippen molar-refractivity contribution in [2.75, 3.05) is 18.0 Å². The summed E-state index contributed by atoms with van der Waals surface area (Å²) in [5.74, 6) is -0.481. The maximum atomic E-state index is 13.7. The number of nitrogens with one attached hydrogen (secondary N) is 1. The van der Waals surface area contributed by atoms with Gasteiger partial charge in [0.05, 0.1) is 11.6 Å². The van der Waals surface area contributed by atoms with Gasteiger partial charge in [0.2, 0.25) is 11.8 Å². The van der Waals surface area contributed by atoms with E-state index in [2.05, 4.69) is 5.32 Å². The molecule has 106 valence electrons. The van der Waals surface area contributed by atoms with E-state index < -0.39 is 5.82 Å². The maximum absolute atomic E-state index is 13.7. The minimum Gasteiger partial charge on any atom is -0.356 e. The molecule has 1 aliphatic carbocycles. The van der Waals surface area contributed by atoms with Crippen molar-refractivity contribution in [2.45, 2.75) is 19.3 Å². The first-order valence-electron chi connectivity index (χ1n) is 6.98. The predicted octanol–water partition coefficient (Wildman–Crippen LogP) is 1.70. The number of halogens is 1. The second-order valence-electron chi connectivity index (χ2n) is 5.55. The lowest BCUT2D eigenvalue weighted by Crippen LogP contribution is -2.34. The Morgan fingerprint density at radius 2 is 2.10 bits per heavy atom. The molecule has 2 aliphatic rings. The van der Waals surface area contributed by atoms with Crippen LogP contribution in [0.5, 0.6) is 0 Å². The van der Waals surface area contributed by atoms with Crippen LogP contribution in [-0.2, 0) is 9.59 Å². The van der Waals surface area contributed by atoms with Crippen molar-refractivity contribution in [1.82, 2.24) is 5.32 Å². The third kappa shape index (κ3) is 2.66. The molecular weight excluding hydrogens is 259 g/mol. The third-order valence-corrected chi connectivity index (χ3v) is 3.90. The lowest BCUT2D eigenvalue weighted by Gasteiger charge is -2.17. The van der Waals surface area contributed by atoms with E-state index >= 15 is 0 Å². The van der Waals surface area contributed by atoms with Crippen LogP contribution in [0.4, 0.5) is 10.1 Å². The molecule has 1 atom stereocenters. The number of carbonyl (C=O) groups is 2. The monoisotopic (exact) mass is 276 g/mol. The van der Waals surface area contributed by atoms with Gasteiger partial charge in [-0.05, 0) is 30.9 Å². The van der Waals surface area contributed by atoms with Crippen LogP contribution in [-0.4, -0.2) is 24.9 Å². The molecule has 1 saturated heterocycles. The number of para-hydroxylation sites is 1. The van der Waals surface area contributed by atoms with Crippen LogP contribution in [0, 0.1) is 17.7 Å². The predicted molar refractivity (Wildman–Crippen MR) is 72.6 cm³/mol. The van der Waals surface area contributed by atoms with Crippen LogP contribution in [0.25, 0.3) is 0 Å². The summed E-state index contributed by atoms with van der Waals surface area (Å²) < 4.78 is 13.7. The average Bonchev–Trinajstić information content (AvgIpc) is 3.19. The van der Waals surface area contributed by atoms with Crippen LogP contribution in [0.1, 0.15) is 19.3 Å². The van der Waals surface area contributed by atoms with Crippen LogP contribution in [0.15, 0.2) is 24.3 Å². The molecule has 20 heavy (non-hydrogen) atoms. The number of carbonyl (C=O) groups excluding carboxylic acids is 2. The van der Waals surface area contributed by atoms with E-state index in [0.29, 0.717) is 12.5 Å². The van der Waals surface area contributed by atoms with Crippen molar-refractivity contribution in [1.29, 1.82) is 0 Å². The number of amides is 2. The van der Waals surface area contributed by atoms with Gasteiger partial charge in [0.25, 0.3) is 0 Å². The molecule has 1 aromatic carbocycles. The first-order chi connectivity index (χ1) is 9.65. The van der Waals surface area contributed by atoms with Crippen LogP contribution >= 0.6 is 0 Å². The molecule has 4 nitrogen and oxygen atoms in total. The molecule has 0 bridgehead atoms. The highest BCUT2D eigenvalue weighted by Gasteiger charge is 2.36. The molecule has 0 spiro atoms. The summed E-state index contributed by atoms with van der Waals surface area (Å²) in [7, 11) is 0. The Morgan fingerprint density at radius 1 is 1.35 bits per heavy atom. The molecule has 1 heterocycles. The first kappa shape index (κ1) is 13.1. The van der Waals surface area contributed by atoms with E-state index in [-0.39, 0.29) is 36.4 Å². The summed E-state index contributed by atoms with van der Waals surface area (Å²) in [5.41, 5.74) is 0.259. The van der Waals surface area contributed by atoms with Crippen LogP contribution < -0.4 is 10.2 Å². The third-order valence-electron chi connectivity index (χ3n) is 3.90. The number of anilines is 1. The normalized spacial score (nSPS) is 22.1. The SMILES string of the molecule is O=C(NCC1CC1)[C@@H]1CC(=O)N(c2ccccc2F)C1. The van der Waals surface area contributed by atoms with Crippen molar-refractivity contribution >= 4 is 17.5 Å². The Hall–Kier alpha value is -1.91. The van der Waals surface area contributed by atoms with E-state index in [0.717, 1.165) is 0 Å². The van der Waals surface area contributed by atoms with Crippen LogP contribution in [0.2, 0.25) is 0 Å². The fourth-order valence-corrected chi connectivity index (χ4v) is 2.50. The largest absolute Gasteiger partial charge is 0.356 e. The Bertz CT molecular complexity index is 542. The zero-order valence-electron chi connectivity index (χ0n) is 11.1. The summed E-state index contributed by atoms with van der Waals surface area (Å²) in [6, 6.07) is 6.16. The summed E-state index contributed by atoms with van der Waals surface area (Å²) in [5, 5.41) is 2.88. The molecule has 1 aliphatic heterocycles. The van der Waals surface area contributed by atoms with E-state index in [1.165, 1.54) is 23.8 Å². The van der Waals surface area contributed by atoms with Gasteiger partial charge >= 0.3 is 0 Å². The zero-order valence-corrected chi connectivity index (χ0v) is 11.1. The fourth-order valence-electron chi connectivity index (χ4n) is 2.50. The summed E-state index contributed by atoms with van der Waals surface area (Å²) >= 11 is 0. The molecule has 3 rings (SSSR count). The topological polar surface area (TPSA) is 49.4 Å². The molecule has 0 unspecified atom stereocenters. The van der Waals surface area contributed by atoms with Gasteiger partial charge in [0.1, 0.15) is 5.82 Å². The molecular formula is C15H17FN2O2. The number of benzene rings is 1. The van der Waals surface area contributed by atoms with Gasteiger partial charge in [0, 0.05) is 19.5 Å². The number of nitrogens with zero attached hydrogens (tertiary/aromatic N) is 1. The highest BCUT2D eigenvalue weighted by molar-refractivity contribution is 6.00. The molecule has 1 aromatic rings. The van der Waals surface area contributed by atoms with Crippen molar-refractivity contribution < 1.29 is 14.0 Å². The van der Waals surface area contributed by atoms with Gasteiger partial charge in [0.15, 0.2) is 0 Å². The zero-order chi connectivity index (χ0) is 14.1. The smallest absolute Gasteiger partial charge is 0.227 e. The number of hydrogen-bond acceptors (Lipinski definition) is 2. The number of hydrogen-bond donors (Lipinski definition) is 1. The maximum Gasteiger partial charge on any atom is 0.227 e. The Balaban J connectivity index is 1.65. The lowest BCUT2D eigenvalue weighted by molar-refractivity contribution is -0.126. The minimum atomic E-state index is -0.431. The van der Waals surface area contributed by atoms with Gasteiger partial charge in [-0.15, -0.1) is 0 Å². The van der Waals surface area contributed by atoms with Gasteiger partial charge in [-0.3, -0.25) is 9.59 Å². The standard InChI is InChI=1S/C15H17FN2O2/c16-12-3-1-2-4-13(12)18-9-11(7-14(18)19)15(20)17-8-10-5-6-10/h1-4,10-11H,5-9H2,(H,17,20)/t11-/m1/s1. The highest BCUT2D eigenvalue weighted by atomic mass is 19.1. The molecule has 5 heteroatoms. The van der Waals surface area contributed by atoms with E-state index in [1.54, 1.807) is 18.2 Å². The molecule has 1 saturated carbocycles. The van der Waals surface area contributed by atoms with Crippen molar-refractivity contribution in [2.24, 2.45) is 11.8 Å². The molecule has 0 aromatic heterocycles. The van der Waals surface area contributed by atoms with Crippen molar-refractivity contribution in [3.8, 4) is 0 Å². The Kier molecular flexibility index (Phi) is 3.42. The molecule has 2 amide bonds. The van der Waals surface area contributed by atoms with E-state index in [4.69, 9.17) is 0 Å². The number of rotatable bonds is 4. The van der Waals surface area contributed by atoms with Gasteiger partial charge < -0.3 is 10.2 Å². The molecule has 1 N–H and O–H groups in total. The average molecular weight is 276 g/mol. The van der Waals surface area contributed by atoms with Gasteiger partial charge in [-0.1, -0.05) is 12.1 Å². The lowest BCUT2D eigenvalue weighted by atomic mass is 10.1. The van der Waals surface area contributed by atoms with Gasteiger partial charge in [-0.2, -0.15) is 0 Å². The molecule has 2 fully saturated rings. The van der Waals surface area contributed by atoms with Crippen molar-refractivity contribution in [3.05, 3.63) is 30.1 Å². The second-order valence-corrected chi connectivity index (χ2v) is 5.55. The summed E-state index contributed by atoms with van der Waals surface area (Å²) in [6.45, 7) is 0.958. The first-order valence-corrected chi connectivity index (χ1v) is 6.98. The highest BCUT2D eigenvalue weighted by Crippen LogP contribution is 2.29. The van der Waals surface area contributed by atoms with Crippen LogP contribution in [0.3, 0.4) is 0 Å². The summed E-state index contributed by atoms with van der Waals surface area (Å²) in [4.78, 5) is 25.3. The van der Waals surface area contributed by atoms with E-state index in [9.17, 15) is 14.0 Å². The molecule has 0 radical (unpaired) electrons. The minimum absolute atomic E-state index is 0.0934. The second kappa shape index (κ2) is 5.23. The van der Waals surface area contributed by atoms with E-state index in [1.807, 2.05) is 0 Å².